The number of hydrogen-bond donors (Lipinski definition) is 1. The van der Waals surface area contributed by atoms with Gasteiger partial charge < -0.3 is 10.1 Å². The fraction of sp³-hybridized carbons (Fsp3) is 0.0833. The van der Waals surface area contributed by atoms with Crippen LogP contribution in [0.2, 0.25) is 0 Å². The van der Waals surface area contributed by atoms with Crippen LogP contribution in [0, 0.1) is 11.3 Å². The summed E-state index contributed by atoms with van der Waals surface area (Å²) in [6.45, 7) is 0.776. The fourth-order valence-electron chi connectivity index (χ4n) is 2.64. The van der Waals surface area contributed by atoms with E-state index in [1.165, 1.54) is 0 Å². The molecule has 0 spiro atoms. The first-order chi connectivity index (χ1) is 13.8. The van der Waals surface area contributed by atoms with Crippen molar-refractivity contribution in [2.24, 2.45) is 0 Å². The quantitative estimate of drug-likeness (QED) is 0.494. The molecule has 3 rings (SSSR count). The Bertz CT molecular complexity index is 990. The van der Waals surface area contributed by atoms with E-state index in [-0.39, 0.29) is 5.57 Å². The molecule has 0 saturated heterocycles. The summed E-state index contributed by atoms with van der Waals surface area (Å²) in [5.74, 6) is 0.208. The van der Waals surface area contributed by atoms with Crippen LogP contribution in [0.5, 0.6) is 5.75 Å². The van der Waals surface area contributed by atoms with Gasteiger partial charge in [0, 0.05) is 12.1 Å². The third-order valence-corrected chi connectivity index (χ3v) is 4.12. The summed E-state index contributed by atoms with van der Waals surface area (Å²) in [5.41, 5.74) is 2.73. The van der Waals surface area contributed by atoms with Crippen molar-refractivity contribution >= 4 is 12.0 Å². The maximum Gasteiger partial charge on any atom is 0.262 e. The van der Waals surface area contributed by atoms with E-state index in [2.05, 4.69) is 5.32 Å². The number of nitrogens with one attached hydrogen (secondary N) is 1. The standard InChI is InChI=1S/C24H20N2O2/c25-16-22(24(27)26-17-19-9-3-1-4-10-19)15-21-13-7-8-14-23(21)28-18-20-11-5-2-6-12-20/h1-15H,17-18H2,(H,26,27)/b22-15-. The molecule has 0 heterocycles. The van der Waals surface area contributed by atoms with Gasteiger partial charge in [-0.15, -0.1) is 0 Å². The second-order valence-corrected chi connectivity index (χ2v) is 6.15. The molecule has 0 atom stereocenters. The monoisotopic (exact) mass is 368 g/mol. The molecular weight excluding hydrogens is 348 g/mol. The van der Waals surface area contributed by atoms with Crippen molar-refractivity contribution in [3.8, 4) is 11.8 Å². The highest BCUT2D eigenvalue weighted by Crippen LogP contribution is 2.22. The minimum atomic E-state index is -0.413. The van der Waals surface area contributed by atoms with E-state index in [4.69, 9.17) is 4.74 Å². The van der Waals surface area contributed by atoms with Crippen LogP contribution in [-0.4, -0.2) is 5.91 Å². The summed E-state index contributed by atoms with van der Waals surface area (Å²) in [4.78, 5) is 12.4. The Labute approximate surface area is 164 Å². The van der Waals surface area contributed by atoms with Crippen LogP contribution in [-0.2, 0) is 17.9 Å². The van der Waals surface area contributed by atoms with Crippen molar-refractivity contribution in [2.75, 3.05) is 0 Å². The van der Waals surface area contributed by atoms with Gasteiger partial charge in [0.25, 0.3) is 5.91 Å². The highest BCUT2D eigenvalue weighted by Gasteiger charge is 2.11. The molecule has 0 aliphatic carbocycles. The molecule has 3 aromatic carbocycles. The predicted octanol–water partition coefficient (Wildman–Crippen LogP) is 4.49. The van der Waals surface area contributed by atoms with Gasteiger partial charge in [0.15, 0.2) is 0 Å². The number of nitrogens with zero attached hydrogens (tertiary/aromatic N) is 1. The maximum atomic E-state index is 12.4. The number of nitriles is 1. The first-order valence-corrected chi connectivity index (χ1v) is 8.96. The lowest BCUT2D eigenvalue weighted by Crippen LogP contribution is -2.23. The van der Waals surface area contributed by atoms with Crippen molar-refractivity contribution in [1.82, 2.24) is 5.32 Å². The van der Waals surface area contributed by atoms with Gasteiger partial charge in [-0.25, -0.2) is 0 Å². The molecule has 0 saturated carbocycles. The molecule has 0 aliphatic rings. The van der Waals surface area contributed by atoms with E-state index in [1.807, 2.05) is 91.0 Å². The lowest BCUT2D eigenvalue weighted by molar-refractivity contribution is -0.117. The Morgan fingerprint density at radius 1 is 0.893 bits per heavy atom. The summed E-state index contributed by atoms with van der Waals surface area (Å²) in [7, 11) is 0. The summed E-state index contributed by atoms with van der Waals surface area (Å²) >= 11 is 0. The van der Waals surface area contributed by atoms with E-state index in [0.29, 0.717) is 24.5 Å². The first kappa shape index (κ1) is 18.9. The largest absolute Gasteiger partial charge is 0.488 e. The molecule has 0 unspecified atom stereocenters. The normalized spacial score (nSPS) is 10.8. The van der Waals surface area contributed by atoms with Crippen LogP contribution in [0.4, 0.5) is 0 Å². The second kappa shape index (κ2) is 9.75. The van der Waals surface area contributed by atoms with Crippen molar-refractivity contribution in [2.45, 2.75) is 13.2 Å². The molecule has 0 bridgehead atoms. The zero-order valence-corrected chi connectivity index (χ0v) is 15.3. The summed E-state index contributed by atoms with van der Waals surface area (Å²) in [5, 5.41) is 12.2. The van der Waals surface area contributed by atoms with Gasteiger partial charge >= 0.3 is 0 Å². The van der Waals surface area contributed by atoms with Gasteiger partial charge in [-0.2, -0.15) is 5.26 Å². The van der Waals surface area contributed by atoms with E-state index >= 15 is 0 Å². The minimum absolute atomic E-state index is 0.0340. The summed E-state index contributed by atoms with van der Waals surface area (Å²) < 4.78 is 5.89. The molecule has 28 heavy (non-hydrogen) atoms. The molecule has 138 valence electrons. The number of ether oxygens (including phenoxy) is 1. The number of carbonyl (C=O) groups is 1. The first-order valence-electron chi connectivity index (χ1n) is 8.96. The Kier molecular flexibility index (Phi) is 6.59. The zero-order valence-electron chi connectivity index (χ0n) is 15.3. The molecule has 1 amide bonds. The van der Waals surface area contributed by atoms with Crippen molar-refractivity contribution in [3.05, 3.63) is 107 Å². The Balaban J connectivity index is 1.71. The Morgan fingerprint density at radius 3 is 2.18 bits per heavy atom. The summed E-state index contributed by atoms with van der Waals surface area (Å²) in [6, 6.07) is 28.7. The molecule has 0 aromatic heterocycles. The van der Waals surface area contributed by atoms with E-state index < -0.39 is 5.91 Å². The lowest BCUT2D eigenvalue weighted by atomic mass is 10.1. The number of benzene rings is 3. The second-order valence-electron chi connectivity index (χ2n) is 6.15. The van der Waals surface area contributed by atoms with Gasteiger partial charge in [0.05, 0.1) is 0 Å². The molecule has 4 heteroatoms. The number of para-hydroxylation sites is 1. The van der Waals surface area contributed by atoms with Crippen LogP contribution < -0.4 is 10.1 Å². The van der Waals surface area contributed by atoms with Crippen molar-refractivity contribution < 1.29 is 9.53 Å². The molecule has 4 nitrogen and oxygen atoms in total. The number of amides is 1. The fourth-order valence-corrected chi connectivity index (χ4v) is 2.64. The molecular formula is C24H20N2O2. The van der Waals surface area contributed by atoms with Crippen LogP contribution in [0.15, 0.2) is 90.5 Å². The van der Waals surface area contributed by atoms with Crippen LogP contribution in [0.3, 0.4) is 0 Å². The molecule has 0 radical (unpaired) electrons. The van der Waals surface area contributed by atoms with Crippen LogP contribution in [0.25, 0.3) is 6.08 Å². The molecule has 0 fully saturated rings. The average molecular weight is 368 g/mol. The molecule has 1 N–H and O–H groups in total. The zero-order chi connectivity index (χ0) is 19.6. The minimum Gasteiger partial charge on any atom is -0.488 e. The van der Waals surface area contributed by atoms with Gasteiger partial charge in [-0.3, -0.25) is 4.79 Å². The van der Waals surface area contributed by atoms with E-state index in [1.54, 1.807) is 6.08 Å². The van der Waals surface area contributed by atoms with Gasteiger partial charge in [-0.1, -0.05) is 78.9 Å². The SMILES string of the molecule is N#C/C(=C/c1ccccc1OCc1ccccc1)C(=O)NCc1ccccc1. The van der Waals surface area contributed by atoms with E-state index in [9.17, 15) is 10.1 Å². The van der Waals surface area contributed by atoms with Crippen molar-refractivity contribution in [3.63, 3.8) is 0 Å². The highest BCUT2D eigenvalue weighted by molar-refractivity contribution is 6.01. The third kappa shape index (κ3) is 5.33. The lowest BCUT2D eigenvalue weighted by Gasteiger charge is -2.10. The predicted molar refractivity (Wildman–Crippen MR) is 109 cm³/mol. The smallest absolute Gasteiger partial charge is 0.262 e. The molecule has 0 aliphatic heterocycles. The number of hydrogen-bond acceptors (Lipinski definition) is 3. The topological polar surface area (TPSA) is 62.1 Å². The van der Waals surface area contributed by atoms with E-state index in [0.717, 1.165) is 11.1 Å². The Hall–Kier alpha value is -3.84. The van der Waals surface area contributed by atoms with Gasteiger partial charge in [0.2, 0.25) is 0 Å². The van der Waals surface area contributed by atoms with Gasteiger partial charge in [0.1, 0.15) is 24.0 Å². The highest BCUT2D eigenvalue weighted by atomic mass is 16.5. The van der Waals surface area contributed by atoms with Crippen molar-refractivity contribution in [1.29, 1.82) is 5.26 Å². The van der Waals surface area contributed by atoms with Gasteiger partial charge in [-0.05, 0) is 23.3 Å². The molecule has 3 aromatic rings. The summed E-state index contributed by atoms with van der Waals surface area (Å²) in [6.07, 6.45) is 1.56. The van der Waals surface area contributed by atoms with Crippen LogP contribution in [0.1, 0.15) is 16.7 Å². The van der Waals surface area contributed by atoms with Crippen LogP contribution >= 0.6 is 0 Å². The Morgan fingerprint density at radius 2 is 1.50 bits per heavy atom. The maximum absolute atomic E-state index is 12.4. The average Bonchev–Trinajstić information content (AvgIpc) is 2.76. The number of rotatable bonds is 7. The number of carbonyl (C=O) groups excluding carboxylic acids is 1. The third-order valence-electron chi connectivity index (χ3n) is 4.12.